The summed E-state index contributed by atoms with van der Waals surface area (Å²) in [5.74, 6) is 0.393. The summed E-state index contributed by atoms with van der Waals surface area (Å²) < 4.78 is 5.49. The van der Waals surface area contributed by atoms with Gasteiger partial charge in [0.25, 0.3) is 11.6 Å². The van der Waals surface area contributed by atoms with Crippen molar-refractivity contribution >= 4 is 11.6 Å². The molecule has 1 amide bonds. The van der Waals surface area contributed by atoms with Crippen LogP contribution in [0, 0.1) is 10.1 Å². The van der Waals surface area contributed by atoms with Crippen molar-refractivity contribution < 1.29 is 14.5 Å². The Labute approximate surface area is 158 Å². The maximum Gasteiger partial charge on any atom is 0.269 e. The number of ether oxygens (including phenoxy) is 1. The van der Waals surface area contributed by atoms with Gasteiger partial charge in [0.15, 0.2) is 6.61 Å². The lowest BCUT2D eigenvalue weighted by atomic mass is 10.2. The monoisotopic (exact) mass is 369 g/mol. The van der Waals surface area contributed by atoms with Crippen LogP contribution in [0.4, 0.5) is 5.69 Å². The molecule has 142 valence electrons. The Bertz CT molecular complexity index is 765. The molecule has 0 atom stereocenters. The predicted molar refractivity (Wildman–Crippen MR) is 102 cm³/mol. The van der Waals surface area contributed by atoms with Crippen molar-refractivity contribution in [2.75, 3.05) is 32.8 Å². The van der Waals surface area contributed by atoms with E-state index < -0.39 is 4.92 Å². The first kappa shape index (κ1) is 18.8. The highest BCUT2D eigenvalue weighted by Crippen LogP contribution is 2.17. The molecule has 27 heavy (non-hydrogen) atoms. The molecule has 1 aliphatic heterocycles. The van der Waals surface area contributed by atoms with Gasteiger partial charge in [0, 0.05) is 44.9 Å². The van der Waals surface area contributed by atoms with E-state index in [0.29, 0.717) is 18.8 Å². The van der Waals surface area contributed by atoms with E-state index >= 15 is 0 Å². The van der Waals surface area contributed by atoms with Crippen LogP contribution in [0.2, 0.25) is 0 Å². The Kier molecular flexibility index (Phi) is 6.38. The standard InChI is InChI=1S/C20H23N3O4/c24-20(16-27-19-9-7-18(8-10-19)23(25)26)22-12-4-11-21(13-14-22)15-17-5-2-1-3-6-17/h1-3,5-10H,4,11-16H2. The molecule has 1 aliphatic rings. The minimum absolute atomic E-state index is 0.000276. The normalized spacial score (nSPS) is 15.2. The van der Waals surface area contributed by atoms with Gasteiger partial charge in [-0.2, -0.15) is 0 Å². The number of rotatable bonds is 6. The zero-order valence-electron chi connectivity index (χ0n) is 15.1. The lowest BCUT2D eigenvalue weighted by molar-refractivity contribution is -0.384. The number of hydrogen-bond donors (Lipinski definition) is 0. The van der Waals surface area contributed by atoms with Gasteiger partial charge in [0.2, 0.25) is 0 Å². The molecule has 7 heteroatoms. The van der Waals surface area contributed by atoms with Crippen molar-refractivity contribution in [1.82, 2.24) is 9.80 Å². The topological polar surface area (TPSA) is 75.9 Å². The number of nitrogens with zero attached hydrogens (tertiary/aromatic N) is 3. The Morgan fingerprint density at radius 1 is 1.00 bits per heavy atom. The zero-order chi connectivity index (χ0) is 19.1. The van der Waals surface area contributed by atoms with Crippen LogP contribution in [0.1, 0.15) is 12.0 Å². The molecule has 0 saturated carbocycles. The molecule has 0 spiro atoms. The van der Waals surface area contributed by atoms with E-state index in [1.54, 1.807) is 0 Å². The summed E-state index contributed by atoms with van der Waals surface area (Å²) in [5, 5.41) is 10.7. The Hall–Kier alpha value is -2.93. The Balaban J connectivity index is 1.47. The van der Waals surface area contributed by atoms with E-state index in [-0.39, 0.29) is 18.2 Å². The minimum atomic E-state index is -0.465. The smallest absolute Gasteiger partial charge is 0.269 e. The van der Waals surface area contributed by atoms with E-state index in [1.165, 1.54) is 29.8 Å². The van der Waals surface area contributed by atoms with E-state index in [1.807, 2.05) is 23.1 Å². The van der Waals surface area contributed by atoms with Gasteiger partial charge in [-0.05, 0) is 24.1 Å². The summed E-state index contributed by atoms with van der Waals surface area (Å²) >= 11 is 0. The number of non-ortho nitro benzene ring substituents is 1. The van der Waals surface area contributed by atoms with Gasteiger partial charge in [0.1, 0.15) is 5.75 Å². The molecule has 0 aromatic heterocycles. The van der Waals surface area contributed by atoms with Crippen molar-refractivity contribution in [3.63, 3.8) is 0 Å². The van der Waals surface area contributed by atoms with Gasteiger partial charge >= 0.3 is 0 Å². The third kappa shape index (κ3) is 5.52. The number of carbonyl (C=O) groups is 1. The highest BCUT2D eigenvalue weighted by Gasteiger charge is 2.19. The molecular formula is C20H23N3O4. The number of amides is 1. The van der Waals surface area contributed by atoms with Crippen LogP contribution in [-0.4, -0.2) is 53.4 Å². The molecule has 7 nitrogen and oxygen atoms in total. The summed E-state index contributed by atoms with van der Waals surface area (Å²) in [7, 11) is 0. The fourth-order valence-corrected chi connectivity index (χ4v) is 3.12. The molecule has 2 aromatic rings. The van der Waals surface area contributed by atoms with Crippen molar-refractivity contribution in [1.29, 1.82) is 0 Å². The van der Waals surface area contributed by atoms with E-state index in [2.05, 4.69) is 17.0 Å². The lowest BCUT2D eigenvalue weighted by Gasteiger charge is -2.22. The second kappa shape index (κ2) is 9.14. The van der Waals surface area contributed by atoms with E-state index in [9.17, 15) is 14.9 Å². The first-order chi connectivity index (χ1) is 13.1. The zero-order valence-corrected chi connectivity index (χ0v) is 15.1. The minimum Gasteiger partial charge on any atom is -0.484 e. The summed E-state index contributed by atoms with van der Waals surface area (Å²) in [6, 6.07) is 16.1. The largest absolute Gasteiger partial charge is 0.484 e. The average Bonchev–Trinajstić information content (AvgIpc) is 2.93. The molecular weight excluding hydrogens is 346 g/mol. The van der Waals surface area contributed by atoms with Gasteiger partial charge < -0.3 is 9.64 Å². The second-order valence-corrected chi connectivity index (χ2v) is 6.54. The number of benzene rings is 2. The quantitative estimate of drug-likeness (QED) is 0.578. The molecule has 1 heterocycles. The van der Waals surface area contributed by atoms with Gasteiger partial charge in [-0.3, -0.25) is 19.8 Å². The molecule has 0 aliphatic carbocycles. The highest BCUT2D eigenvalue weighted by molar-refractivity contribution is 5.77. The summed E-state index contributed by atoms with van der Waals surface area (Å²) in [6.07, 6.45) is 0.927. The molecule has 2 aromatic carbocycles. The molecule has 0 N–H and O–H groups in total. The van der Waals surface area contributed by atoms with E-state index in [0.717, 1.165) is 26.1 Å². The van der Waals surface area contributed by atoms with Crippen LogP contribution in [-0.2, 0) is 11.3 Å². The number of carbonyl (C=O) groups excluding carboxylic acids is 1. The molecule has 0 unspecified atom stereocenters. The van der Waals surface area contributed by atoms with Crippen molar-refractivity contribution in [3.8, 4) is 5.75 Å². The predicted octanol–water partition coefficient (Wildman–Crippen LogP) is 2.71. The third-order valence-corrected chi connectivity index (χ3v) is 4.60. The number of hydrogen-bond acceptors (Lipinski definition) is 5. The maximum absolute atomic E-state index is 12.4. The van der Waals surface area contributed by atoms with Gasteiger partial charge in [0.05, 0.1) is 4.92 Å². The first-order valence-corrected chi connectivity index (χ1v) is 9.03. The molecule has 1 fully saturated rings. The van der Waals surface area contributed by atoms with Crippen LogP contribution in [0.15, 0.2) is 54.6 Å². The second-order valence-electron chi connectivity index (χ2n) is 6.54. The number of nitro groups is 1. The molecule has 0 radical (unpaired) electrons. The maximum atomic E-state index is 12.4. The lowest BCUT2D eigenvalue weighted by Crippen LogP contribution is -2.38. The fourth-order valence-electron chi connectivity index (χ4n) is 3.12. The summed E-state index contributed by atoms with van der Waals surface area (Å²) in [4.78, 5) is 26.8. The Morgan fingerprint density at radius 2 is 1.74 bits per heavy atom. The SMILES string of the molecule is O=C(COc1ccc([N+](=O)[O-])cc1)N1CCCN(Cc2ccccc2)CC1. The van der Waals surface area contributed by atoms with Crippen molar-refractivity contribution in [3.05, 3.63) is 70.3 Å². The Morgan fingerprint density at radius 3 is 2.44 bits per heavy atom. The van der Waals surface area contributed by atoms with Crippen LogP contribution < -0.4 is 4.74 Å². The molecule has 3 rings (SSSR count). The van der Waals surface area contributed by atoms with Crippen molar-refractivity contribution in [2.45, 2.75) is 13.0 Å². The third-order valence-electron chi connectivity index (χ3n) is 4.60. The highest BCUT2D eigenvalue weighted by atomic mass is 16.6. The summed E-state index contributed by atoms with van der Waals surface area (Å²) in [5.41, 5.74) is 1.28. The average molecular weight is 369 g/mol. The summed E-state index contributed by atoms with van der Waals surface area (Å²) in [6.45, 7) is 4.02. The van der Waals surface area contributed by atoms with Crippen LogP contribution >= 0.6 is 0 Å². The number of nitro benzene ring substituents is 1. The van der Waals surface area contributed by atoms with Gasteiger partial charge in [-0.15, -0.1) is 0 Å². The van der Waals surface area contributed by atoms with Gasteiger partial charge in [-0.1, -0.05) is 30.3 Å². The molecule has 1 saturated heterocycles. The van der Waals surface area contributed by atoms with Gasteiger partial charge in [-0.25, -0.2) is 0 Å². The first-order valence-electron chi connectivity index (χ1n) is 9.03. The van der Waals surface area contributed by atoms with Crippen molar-refractivity contribution in [2.24, 2.45) is 0 Å². The van der Waals surface area contributed by atoms with Crippen LogP contribution in [0.3, 0.4) is 0 Å². The van der Waals surface area contributed by atoms with Crippen LogP contribution in [0.25, 0.3) is 0 Å². The fraction of sp³-hybridized carbons (Fsp3) is 0.350. The molecule has 0 bridgehead atoms. The van der Waals surface area contributed by atoms with Crippen LogP contribution in [0.5, 0.6) is 5.75 Å². The van der Waals surface area contributed by atoms with E-state index in [4.69, 9.17) is 4.74 Å².